The van der Waals surface area contributed by atoms with Crippen molar-refractivity contribution in [2.75, 3.05) is 18.2 Å². The summed E-state index contributed by atoms with van der Waals surface area (Å²) in [5.41, 5.74) is 4.66. The van der Waals surface area contributed by atoms with Crippen LogP contribution in [0.5, 0.6) is 5.75 Å². The Hall–Kier alpha value is -4.49. The van der Waals surface area contributed by atoms with Crippen LogP contribution in [0.1, 0.15) is 47.1 Å². The van der Waals surface area contributed by atoms with Gasteiger partial charge >= 0.3 is 0 Å². The summed E-state index contributed by atoms with van der Waals surface area (Å²) in [5.74, 6) is 0.885. The topological polar surface area (TPSA) is 123 Å². The van der Waals surface area contributed by atoms with E-state index >= 15 is 0 Å². The summed E-state index contributed by atoms with van der Waals surface area (Å²) in [6.45, 7) is 3.93. The molecular formula is C42H44N2O7S2. The Kier molecular flexibility index (Phi) is 12.7. The van der Waals surface area contributed by atoms with Crippen molar-refractivity contribution in [2.24, 2.45) is 5.92 Å². The molecule has 5 atom stereocenters. The van der Waals surface area contributed by atoms with Crippen LogP contribution in [0.4, 0.5) is 5.69 Å². The third kappa shape index (κ3) is 9.74. The highest BCUT2D eigenvalue weighted by Gasteiger charge is 2.38. The van der Waals surface area contributed by atoms with E-state index in [1.54, 1.807) is 43.1 Å². The van der Waals surface area contributed by atoms with Crippen molar-refractivity contribution in [2.45, 2.75) is 61.2 Å². The SMILES string of the molecule is COc1ccccc1SC[C@@H]1O[C@H](c2cccc(NC(=O)[C@@H](Cc3ccccc3)NS(=O)(=O)c3ccc(C)cc3)c2)O[C@H](c2ccc(CO)cc2)[C@@H]1C. The third-order valence-corrected chi connectivity index (χ3v) is 11.9. The summed E-state index contributed by atoms with van der Waals surface area (Å²) in [6, 6.07) is 37.5. The Labute approximate surface area is 315 Å². The normalized spacial score (nSPS) is 19.3. The zero-order valence-corrected chi connectivity index (χ0v) is 31.5. The smallest absolute Gasteiger partial charge is 0.242 e. The largest absolute Gasteiger partial charge is 0.496 e. The molecule has 0 aromatic heterocycles. The van der Waals surface area contributed by atoms with Crippen LogP contribution in [0.25, 0.3) is 0 Å². The van der Waals surface area contributed by atoms with Crippen molar-refractivity contribution >= 4 is 33.4 Å². The number of para-hydroxylation sites is 1. The molecule has 1 fully saturated rings. The lowest BCUT2D eigenvalue weighted by Gasteiger charge is -2.41. The molecule has 276 valence electrons. The van der Waals surface area contributed by atoms with Crippen molar-refractivity contribution in [3.63, 3.8) is 0 Å². The van der Waals surface area contributed by atoms with Crippen molar-refractivity contribution in [1.29, 1.82) is 0 Å². The predicted molar refractivity (Wildman–Crippen MR) is 207 cm³/mol. The Morgan fingerprint density at radius 3 is 2.28 bits per heavy atom. The van der Waals surface area contributed by atoms with Gasteiger partial charge in [-0.1, -0.05) is 103 Å². The highest BCUT2D eigenvalue weighted by molar-refractivity contribution is 7.99. The molecule has 1 aliphatic rings. The van der Waals surface area contributed by atoms with Gasteiger partial charge in [-0.05, 0) is 66.4 Å². The molecule has 11 heteroatoms. The van der Waals surface area contributed by atoms with E-state index in [2.05, 4.69) is 17.0 Å². The predicted octanol–water partition coefficient (Wildman–Crippen LogP) is 7.61. The maximum absolute atomic E-state index is 13.9. The van der Waals surface area contributed by atoms with E-state index in [1.807, 2.05) is 97.9 Å². The summed E-state index contributed by atoms with van der Waals surface area (Å²) in [5, 5.41) is 12.6. The second-order valence-electron chi connectivity index (χ2n) is 13.1. The lowest BCUT2D eigenvalue weighted by molar-refractivity contribution is -0.268. The summed E-state index contributed by atoms with van der Waals surface area (Å²) < 4.78 is 48.4. The van der Waals surface area contributed by atoms with Gasteiger partial charge in [0.25, 0.3) is 0 Å². The van der Waals surface area contributed by atoms with Gasteiger partial charge in [0.1, 0.15) is 11.8 Å². The fourth-order valence-corrected chi connectivity index (χ4v) is 8.61. The van der Waals surface area contributed by atoms with Crippen LogP contribution >= 0.6 is 11.8 Å². The molecule has 0 bridgehead atoms. The van der Waals surface area contributed by atoms with Gasteiger partial charge in [-0.2, -0.15) is 4.72 Å². The van der Waals surface area contributed by atoms with Gasteiger partial charge in [0.15, 0.2) is 6.29 Å². The number of hydrogen-bond acceptors (Lipinski definition) is 8. The number of anilines is 1. The van der Waals surface area contributed by atoms with E-state index in [4.69, 9.17) is 14.2 Å². The zero-order valence-electron chi connectivity index (χ0n) is 29.8. The highest BCUT2D eigenvalue weighted by Crippen LogP contribution is 2.44. The van der Waals surface area contributed by atoms with Crippen LogP contribution in [0.3, 0.4) is 0 Å². The first-order chi connectivity index (χ1) is 25.6. The molecule has 5 aromatic carbocycles. The molecule has 1 heterocycles. The number of carbonyl (C=O) groups excluding carboxylic acids is 1. The Morgan fingerprint density at radius 2 is 1.57 bits per heavy atom. The average molecular weight is 753 g/mol. The first-order valence-corrected chi connectivity index (χ1v) is 19.9. The Balaban J connectivity index is 1.24. The molecule has 3 N–H and O–H groups in total. The van der Waals surface area contributed by atoms with Crippen LogP contribution in [-0.4, -0.2) is 44.4 Å². The minimum atomic E-state index is -4.01. The van der Waals surface area contributed by atoms with Crippen LogP contribution in [0, 0.1) is 12.8 Å². The number of amides is 1. The van der Waals surface area contributed by atoms with Crippen molar-refractivity contribution in [3.05, 3.63) is 155 Å². The average Bonchev–Trinajstić information content (AvgIpc) is 3.18. The molecule has 0 aliphatic carbocycles. The number of aryl methyl sites for hydroxylation is 1. The molecule has 0 saturated carbocycles. The standard InChI is InChI=1S/C42H44N2O7S2/c1-28-16-22-35(23-17-28)53(47,48)44-36(24-30-10-5-4-6-11-30)41(46)43-34-13-9-12-33(25-34)42-50-38(27-52-39-15-8-7-14-37(39)49-3)29(2)40(51-42)32-20-18-31(26-45)19-21-32/h4-23,25,29,36,38,40,42,44-45H,24,26-27H2,1-3H3,(H,43,46)/t29-,36-,38+,40+,42+/m1/s1. The lowest BCUT2D eigenvalue weighted by Crippen LogP contribution is -2.45. The second kappa shape index (κ2) is 17.6. The third-order valence-electron chi connectivity index (χ3n) is 9.25. The summed E-state index contributed by atoms with van der Waals surface area (Å²) in [6.07, 6.45) is -1.17. The number of rotatable bonds is 14. The number of carbonyl (C=O) groups is 1. The maximum Gasteiger partial charge on any atom is 0.242 e. The number of aliphatic hydroxyl groups excluding tert-OH is 1. The number of ether oxygens (including phenoxy) is 3. The number of nitrogens with one attached hydrogen (secondary N) is 2. The first kappa shape index (κ1) is 38.2. The van der Waals surface area contributed by atoms with Crippen LogP contribution in [0.2, 0.25) is 0 Å². The number of methoxy groups -OCH3 is 1. The summed E-state index contributed by atoms with van der Waals surface area (Å²) in [7, 11) is -2.36. The molecule has 0 spiro atoms. The molecule has 53 heavy (non-hydrogen) atoms. The van der Waals surface area contributed by atoms with E-state index in [0.29, 0.717) is 17.0 Å². The van der Waals surface area contributed by atoms with Crippen LogP contribution in [-0.2, 0) is 37.3 Å². The van der Waals surface area contributed by atoms with Gasteiger partial charge in [-0.15, -0.1) is 11.8 Å². The van der Waals surface area contributed by atoms with E-state index in [1.165, 1.54) is 12.1 Å². The van der Waals surface area contributed by atoms with Crippen molar-refractivity contribution < 1.29 is 32.5 Å². The molecule has 0 radical (unpaired) electrons. The zero-order chi connectivity index (χ0) is 37.4. The van der Waals surface area contributed by atoms with Crippen molar-refractivity contribution in [1.82, 2.24) is 4.72 Å². The van der Waals surface area contributed by atoms with Gasteiger partial charge in [0, 0.05) is 27.8 Å². The van der Waals surface area contributed by atoms with Crippen LogP contribution in [0.15, 0.2) is 137 Å². The summed E-state index contributed by atoms with van der Waals surface area (Å²) >= 11 is 1.65. The molecule has 9 nitrogen and oxygen atoms in total. The number of sulfonamides is 1. The van der Waals surface area contributed by atoms with Gasteiger partial charge < -0.3 is 24.6 Å². The number of hydrogen-bond donors (Lipinski definition) is 3. The Bertz CT molecular complexity index is 2080. The van der Waals surface area contributed by atoms with E-state index in [-0.39, 0.29) is 36.0 Å². The van der Waals surface area contributed by atoms with Gasteiger partial charge in [-0.3, -0.25) is 4.79 Å². The van der Waals surface area contributed by atoms with Crippen LogP contribution < -0.4 is 14.8 Å². The first-order valence-electron chi connectivity index (χ1n) is 17.4. The van der Waals surface area contributed by atoms with Gasteiger partial charge in [-0.25, -0.2) is 8.42 Å². The van der Waals surface area contributed by atoms with E-state index < -0.39 is 28.3 Å². The minimum Gasteiger partial charge on any atom is -0.496 e. The molecule has 1 amide bonds. The number of aliphatic hydroxyl groups is 1. The monoisotopic (exact) mass is 752 g/mol. The minimum absolute atomic E-state index is 0.0309. The maximum atomic E-state index is 13.9. The number of benzene rings is 5. The fourth-order valence-electron chi connectivity index (χ4n) is 6.22. The lowest BCUT2D eigenvalue weighted by atomic mass is 9.91. The quantitative estimate of drug-likeness (QED) is 0.0992. The summed E-state index contributed by atoms with van der Waals surface area (Å²) in [4.78, 5) is 15.0. The van der Waals surface area contributed by atoms with Crippen molar-refractivity contribution in [3.8, 4) is 5.75 Å². The molecule has 1 aliphatic heterocycles. The molecule has 0 unspecified atom stereocenters. The van der Waals surface area contributed by atoms with E-state index in [0.717, 1.165) is 32.9 Å². The van der Waals surface area contributed by atoms with E-state index in [9.17, 15) is 18.3 Å². The fraction of sp³-hybridized carbons (Fsp3) is 0.262. The Morgan fingerprint density at radius 1 is 0.849 bits per heavy atom. The van der Waals surface area contributed by atoms with Gasteiger partial charge in [0.05, 0.1) is 30.8 Å². The highest BCUT2D eigenvalue weighted by atomic mass is 32.2. The number of thioether (sulfide) groups is 1. The second-order valence-corrected chi connectivity index (χ2v) is 15.9. The molecule has 1 saturated heterocycles. The molecular weight excluding hydrogens is 709 g/mol. The van der Waals surface area contributed by atoms with Gasteiger partial charge in [0.2, 0.25) is 15.9 Å². The molecule has 6 rings (SSSR count). The molecule has 5 aromatic rings.